The first-order valence-corrected chi connectivity index (χ1v) is 9.26. The molecule has 1 aliphatic rings. The van der Waals surface area contributed by atoms with E-state index in [9.17, 15) is 14.0 Å². The number of para-hydroxylation sites is 1. The van der Waals surface area contributed by atoms with E-state index in [1.54, 1.807) is 24.3 Å². The molecule has 1 unspecified atom stereocenters. The summed E-state index contributed by atoms with van der Waals surface area (Å²) in [4.78, 5) is 24.7. The number of hydrogen-bond acceptors (Lipinski definition) is 3. The molecule has 0 aromatic heterocycles. The number of carbonyl (C=O) groups is 2. The maximum absolute atomic E-state index is 13.3. The molecular formula is C23H19FN2O3. The Balaban J connectivity index is 1.34. The van der Waals surface area contributed by atoms with E-state index >= 15 is 0 Å². The SMILES string of the molecule is O=C(Nc1cccc(CNC(=O)C2Cc3ccccc3O2)c1)c1cccc(F)c1. The highest BCUT2D eigenvalue weighted by Gasteiger charge is 2.28. The third kappa shape index (κ3) is 4.43. The largest absolute Gasteiger partial charge is 0.480 e. The summed E-state index contributed by atoms with van der Waals surface area (Å²) in [5.41, 5.74) is 2.65. The van der Waals surface area contributed by atoms with Crippen molar-refractivity contribution < 1.29 is 18.7 Å². The Hall–Kier alpha value is -3.67. The van der Waals surface area contributed by atoms with Crippen LogP contribution in [0.3, 0.4) is 0 Å². The van der Waals surface area contributed by atoms with E-state index in [2.05, 4.69) is 10.6 Å². The van der Waals surface area contributed by atoms with Crippen molar-refractivity contribution in [1.29, 1.82) is 0 Å². The van der Waals surface area contributed by atoms with Gasteiger partial charge in [0, 0.05) is 24.2 Å². The first kappa shape index (κ1) is 18.7. The van der Waals surface area contributed by atoms with Crippen molar-refractivity contribution >= 4 is 17.5 Å². The monoisotopic (exact) mass is 390 g/mol. The molecule has 1 heterocycles. The lowest BCUT2D eigenvalue weighted by atomic mass is 10.1. The molecule has 6 heteroatoms. The van der Waals surface area contributed by atoms with Gasteiger partial charge in [0.2, 0.25) is 0 Å². The summed E-state index contributed by atoms with van der Waals surface area (Å²) in [6, 6.07) is 20.2. The second-order valence-electron chi connectivity index (χ2n) is 6.80. The highest BCUT2D eigenvalue weighted by atomic mass is 19.1. The molecule has 0 radical (unpaired) electrons. The fourth-order valence-electron chi connectivity index (χ4n) is 3.22. The molecule has 3 aromatic rings. The van der Waals surface area contributed by atoms with Crippen LogP contribution in [0.1, 0.15) is 21.5 Å². The smallest absolute Gasteiger partial charge is 0.261 e. The molecule has 2 amide bonds. The van der Waals surface area contributed by atoms with Crippen LogP contribution < -0.4 is 15.4 Å². The Bertz CT molecular complexity index is 1040. The zero-order valence-corrected chi connectivity index (χ0v) is 15.5. The summed E-state index contributed by atoms with van der Waals surface area (Å²) in [6.07, 6.45) is 0.00871. The van der Waals surface area contributed by atoms with E-state index in [-0.39, 0.29) is 11.5 Å². The van der Waals surface area contributed by atoms with Gasteiger partial charge in [0.15, 0.2) is 6.10 Å². The van der Waals surface area contributed by atoms with Gasteiger partial charge < -0.3 is 15.4 Å². The fourth-order valence-corrected chi connectivity index (χ4v) is 3.22. The molecule has 0 saturated heterocycles. The van der Waals surface area contributed by atoms with Gasteiger partial charge in [-0.05, 0) is 47.5 Å². The molecule has 29 heavy (non-hydrogen) atoms. The van der Waals surface area contributed by atoms with Crippen molar-refractivity contribution in [2.75, 3.05) is 5.32 Å². The van der Waals surface area contributed by atoms with E-state index in [0.717, 1.165) is 16.9 Å². The van der Waals surface area contributed by atoms with Crippen LogP contribution in [0.4, 0.5) is 10.1 Å². The Morgan fingerprint density at radius 2 is 1.83 bits per heavy atom. The summed E-state index contributed by atoms with van der Waals surface area (Å²) >= 11 is 0. The standard InChI is InChI=1S/C23H19FN2O3/c24-18-8-4-7-17(12-18)22(27)26-19-9-3-5-15(11-19)14-25-23(28)21-13-16-6-1-2-10-20(16)29-21/h1-12,21H,13-14H2,(H,25,28)(H,26,27). The number of benzene rings is 3. The van der Waals surface area contributed by atoms with Gasteiger partial charge in [-0.2, -0.15) is 0 Å². The highest BCUT2D eigenvalue weighted by Crippen LogP contribution is 2.28. The molecule has 0 aliphatic carbocycles. The van der Waals surface area contributed by atoms with Crippen molar-refractivity contribution in [1.82, 2.24) is 5.32 Å². The van der Waals surface area contributed by atoms with E-state index in [0.29, 0.717) is 18.7 Å². The van der Waals surface area contributed by atoms with E-state index in [1.165, 1.54) is 18.2 Å². The van der Waals surface area contributed by atoms with Crippen LogP contribution in [0.5, 0.6) is 5.75 Å². The molecule has 0 fully saturated rings. The summed E-state index contributed by atoms with van der Waals surface area (Å²) < 4.78 is 19.0. The van der Waals surface area contributed by atoms with Crippen molar-refractivity contribution in [3.05, 3.63) is 95.3 Å². The Morgan fingerprint density at radius 3 is 2.66 bits per heavy atom. The summed E-state index contributed by atoms with van der Waals surface area (Å²) in [5.74, 6) is -0.307. The van der Waals surface area contributed by atoms with Crippen LogP contribution >= 0.6 is 0 Å². The zero-order chi connectivity index (χ0) is 20.2. The van der Waals surface area contributed by atoms with Gasteiger partial charge in [-0.15, -0.1) is 0 Å². The predicted octanol–water partition coefficient (Wildman–Crippen LogP) is 3.70. The normalized spacial score (nSPS) is 14.6. The lowest BCUT2D eigenvalue weighted by Gasteiger charge is -2.12. The molecule has 5 nitrogen and oxygen atoms in total. The molecular weight excluding hydrogens is 371 g/mol. The number of carbonyl (C=O) groups excluding carboxylic acids is 2. The van der Waals surface area contributed by atoms with Crippen LogP contribution in [-0.4, -0.2) is 17.9 Å². The second kappa shape index (κ2) is 8.14. The quantitative estimate of drug-likeness (QED) is 0.698. The molecule has 4 rings (SSSR count). The van der Waals surface area contributed by atoms with Crippen LogP contribution in [0, 0.1) is 5.82 Å². The molecule has 2 N–H and O–H groups in total. The minimum absolute atomic E-state index is 0.185. The minimum atomic E-state index is -0.539. The van der Waals surface area contributed by atoms with E-state index in [4.69, 9.17) is 4.74 Å². The van der Waals surface area contributed by atoms with E-state index in [1.807, 2.05) is 30.3 Å². The summed E-state index contributed by atoms with van der Waals surface area (Å²) in [6.45, 7) is 0.304. The third-order valence-corrected chi connectivity index (χ3v) is 4.68. The molecule has 0 bridgehead atoms. The van der Waals surface area contributed by atoms with Crippen molar-refractivity contribution in [2.45, 2.75) is 19.1 Å². The van der Waals surface area contributed by atoms with Crippen LogP contribution in [0.15, 0.2) is 72.8 Å². The Kier molecular flexibility index (Phi) is 5.24. The predicted molar refractivity (Wildman–Crippen MR) is 107 cm³/mol. The maximum atomic E-state index is 13.3. The summed E-state index contributed by atoms with van der Waals surface area (Å²) in [5, 5.41) is 5.61. The molecule has 0 saturated carbocycles. The van der Waals surface area contributed by atoms with Gasteiger partial charge in [-0.3, -0.25) is 9.59 Å². The van der Waals surface area contributed by atoms with Gasteiger partial charge in [-0.1, -0.05) is 36.4 Å². The number of amides is 2. The number of ether oxygens (including phenoxy) is 1. The molecule has 3 aromatic carbocycles. The highest BCUT2D eigenvalue weighted by molar-refractivity contribution is 6.04. The number of anilines is 1. The fraction of sp³-hybridized carbons (Fsp3) is 0.130. The third-order valence-electron chi connectivity index (χ3n) is 4.68. The molecule has 1 atom stereocenters. The second-order valence-corrected chi connectivity index (χ2v) is 6.80. The van der Waals surface area contributed by atoms with Gasteiger partial charge >= 0.3 is 0 Å². The van der Waals surface area contributed by atoms with Crippen molar-refractivity contribution in [3.8, 4) is 5.75 Å². The van der Waals surface area contributed by atoms with Crippen molar-refractivity contribution in [3.63, 3.8) is 0 Å². The molecule has 146 valence electrons. The lowest BCUT2D eigenvalue weighted by Crippen LogP contribution is -2.37. The first-order chi connectivity index (χ1) is 14.1. The zero-order valence-electron chi connectivity index (χ0n) is 15.5. The average Bonchev–Trinajstić information content (AvgIpc) is 3.17. The topological polar surface area (TPSA) is 67.4 Å². The number of rotatable bonds is 5. The van der Waals surface area contributed by atoms with Crippen LogP contribution in [0.2, 0.25) is 0 Å². The van der Waals surface area contributed by atoms with Gasteiger partial charge in [-0.25, -0.2) is 4.39 Å². The minimum Gasteiger partial charge on any atom is -0.480 e. The Morgan fingerprint density at radius 1 is 1.00 bits per heavy atom. The number of fused-ring (bicyclic) bond motifs is 1. The van der Waals surface area contributed by atoms with Gasteiger partial charge in [0.05, 0.1) is 0 Å². The maximum Gasteiger partial charge on any atom is 0.261 e. The average molecular weight is 390 g/mol. The number of nitrogens with one attached hydrogen (secondary N) is 2. The van der Waals surface area contributed by atoms with E-state index < -0.39 is 17.8 Å². The van der Waals surface area contributed by atoms with Crippen LogP contribution in [0.25, 0.3) is 0 Å². The number of hydrogen-bond donors (Lipinski definition) is 2. The van der Waals surface area contributed by atoms with Crippen molar-refractivity contribution in [2.24, 2.45) is 0 Å². The Labute approximate surface area is 167 Å². The van der Waals surface area contributed by atoms with Crippen LogP contribution in [-0.2, 0) is 17.8 Å². The molecule has 0 spiro atoms. The van der Waals surface area contributed by atoms with Gasteiger partial charge in [0.1, 0.15) is 11.6 Å². The number of halogens is 1. The lowest BCUT2D eigenvalue weighted by molar-refractivity contribution is -0.127. The van der Waals surface area contributed by atoms with Gasteiger partial charge in [0.25, 0.3) is 11.8 Å². The molecule has 1 aliphatic heterocycles. The first-order valence-electron chi connectivity index (χ1n) is 9.26. The summed E-state index contributed by atoms with van der Waals surface area (Å²) in [7, 11) is 0.